The Labute approximate surface area is 194 Å². The molecule has 0 spiro atoms. The zero-order valence-electron chi connectivity index (χ0n) is 16.3. The summed E-state index contributed by atoms with van der Waals surface area (Å²) in [5, 5.41) is 4.70. The van der Waals surface area contributed by atoms with Gasteiger partial charge < -0.3 is 9.47 Å². The lowest BCUT2D eigenvalue weighted by Gasteiger charge is -2.11. The summed E-state index contributed by atoms with van der Waals surface area (Å²) in [6.45, 7) is 0.436. The third-order valence-electron chi connectivity index (χ3n) is 4.09. The second kappa shape index (κ2) is 11.2. The summed E-state index contributed by atoms with van der Waals surface area (Å²) in [7, 11) is 0. The molecular weight excluding hydrogens is 480 g/mol. The molecule has 0 aliphatic rings. The van der Waals surface area contributed by atoms with Crippen molar-refractivity contribution in [2.75, 3.05) is 6.61 Å². The van der Waals surface area contributed by atoms with Crippen LogP contribution in [0.15, 0.2) is 76.3 Å². The van der Waals surface area contributed by atoms with Crippen LogP contribution in [-0.4, -0.2) is 18.7 Å². The zero-order chi connectivity index (χ0) is 22.1. The molecule has 1 N–H and O–H groups in total. The second-order valence-electron chi connectivity index (χ2n) is 6.29. The highest BCUT2D eigenvalue weighted by Gasteiger charge is 2.12. The van der Waals surface area contributed by atoms with Gasteiger partial charge in [0.15, 0.2) is 0 Å². The van der Waals surface area contributed by atoms with Gasteiger partial charge in [0.25, 0.3) is 5.91 Å². The largest absolute Gasteiger partial charge is 0.488 e. The van der Waals surface area contributed by atoms with Crippen LogP contribution < -0.4 is 14.9 Å². The van der Waals surface area contributed by atoms with E-state index < -0.39 is 5.91 Å². The molecule has 0 heterocycles. The number of nitrogens with one attached hydrogen (secondary N) is 1. The Kier molecular flexibility index (Phi) is 8.11. The fourth-order valence-electron chi connectivity index (χ4n) is 2.61. The van der Waals surface area contributed by atoms with Gasteiger partial charge in [0.05, 0.1) is 11.8 Å². The molecule has 0 bridgehead atoms. The number of hydrogen-bond donors (Lipinski definition) is 1. The molecule has 0 atom stereocenters. The number of nitrogens with zero attached hydrogens (tertiary/aromatic N) is 1. The highest BCUT2D eigenvalue weighted by atomic mass is 79.9. The van der Waals surface area contributed by atoms with Gasteiger partial charge >= 0.3 is 0 Å². The maximum Gasteiger partial charge on any atom is 0.275 e. The SMILES string of the molecule is C#CCOc1ccc(Br)cc1/C=N\NC(=O)c1ccccc1OCc1ccc(Cl)cc1. The van der Waals surface area contributed by atoms with E-state index in [1.807, 2.05) is 24.3 Å². The highest BCUT2D eigenvalue weighted by Crippen LogP contribution is 2.22. The van der Waals surface area contributed by atoms with Crippen LogP contribution in [0.1, 0.15) is 21.5 Å². The Hall–Kier alpha value is -3.27. The van der Waals surface area contributed by atoms with Crippen molar-refractivity contribution in [2.45, 2.75) is 6.61 Å². The molecule has 0 unspecified atom stereocenters. The van der Waals surface area contributed by atoms with E-state index in [0.717, 1.165) is 10.0 Å². The lowest BCUT2D eigenvalue weighted by molar-refractivity contribution is 0.0950. The molecule has 3 rings (SSSR count). The van der Waals surface area contributed by atoms with Gasteiger partial charge in [-0.05, 0) is 48.0 Å². The number of rotatable bonds is 8. The monoisotopic (exact) mass is 496 g/mol. The number of ether oxygens (including phenoxy) is 2. The highest BCUT2D eigenvalue weighted by molar-refractivity contribution is 9.10. The molecule has 0 saturated heterocycles. The number of amides is 1. The third-order valence-corrected chi connectivity index (χ3v) is 4.84. The number of benzene rings is 3. The first-order valence-corrected chi connectivity index (χ1v) is 10.4. The van der Waals surface area contributed by atoms with Crippen molar-refractivity contribution in [2.24, 2.45) is 5.10 Å². The minimum Gasteiger partial charge on any atom is -0.488 e. The molecule has 7 heteroatoms. The first kappa shape index (κ1) is 22.4. The minimum atomic E-state index is -0.399. The summed E-state index contributed by atoms with van der Waals surface area (Å²) < 4.78 is 12.2. The van der Waals surface area contributed by atoms with Crippen molar-refractivity contribution < 1.29 is 14.3 Å². The van der Waals surface area contributed by atoms with Crippen LogP contribution in [0.2, 0.25) is 5.02 Å². The number of carbonyl (C=O) groups is 1. The van der Waals surface area contributed by atoms with E-state index in [-0.39, 0.29) is 6.61 Å². The van der Waals surface area contributed by atoms with E-state index in [9.17, 15) is 4.79 Å². The summed E-state index contributed by atoms with van der Waals surface area (Å²) >= 11 is 9.31. The smallest absolute Gasteiger partial charge is 0.275 e. The van der Waals surface area contributed by atoms with Gasteiger partial charge in [-0.25, -0.2) is 5.43 Å². The molecule has 0 aliphatic heterocycles. The molecule has 156 valence electrons. The molecule has 5 nitrogen and oxygen atoms in total. The average Bonchev–Trinajstić information content (AvgIpc) is 2.78. The van der Waals surface area contributed by atoms with Crippen LogP contribution in [-0.2, 0) is 6.61 Å². The minimum absolute atomic E-state index is 0.132. The predicted molar refractivity (Wildman–Crippen MR) is 126 cm³/mol. The standard InChI is InChI=1S/C24H18BrClN2O3/c1-2-13-30-22-12-9-19(25)14-18(22)15-27-28-24(29)21-5-3-4-6-23(21)31-16-17-7-10-20(26)11-8-17/h1,3-12,14-15H,13,16H2,(H,28,29)/b27-15-. The van der Waals surface area contributed by atoms with E-state index >= 15 is 0 Å². The van der Waals surface area contributed by atoms with E-state index in [1.54, 1.807) is 42.5 Å². The first-order valence-electron chi connectivity index (χ1n) is 9.22. The van der Waals surface area contributed by atoms with Crippen molar-refractivity contribution >= 4 is 39.7 Å². The molecule has 0 radical (unpaired) electrons. The maximum absolute atomic E-state index is 12.6. The van der Waals surface area contributed by atoms with Crippen LogP contribution in [0.5, 0.6) is 11.5 Å². The number of carbonyl (C=O) groups excluding carboxylic acids is 1. The lowest BCUT2D eigenvalue weighted by Crippen LogP contribution is -2.18. The van der Waals surface area contributed by atoms with Gasteiger partial charge in [-0.3, -0.25) is 4.79 Å². The molecule has 0 aromatic heterocycles. The van der Waals surface area contributed by atoms with Crippen molar-refractivity contribution in [1.82, 2.24) is 5.43 Å². The third kappa shape index (κ3) is 6.61. The van der Waals surface area contributed by atoms with Crippen LogP contribution in [0.25, 0.3) is 0 Å². The molecular formula is C24H18BrClN2O3. The fraction of sp³-hybridized carbons (Fsp3) is 0.0833. The molecule has 3 aromatic carbocycles. The Morgan fingerprint density at radius 1 is 1.10 bits per heavy atom. The summed E-state index contributed by atoms with van der Waals surface area (Å²) in [6, 6.07) is 19.7. The van der Waals surface area contributed by atoms with Crippen LogP contribution in [0.4, 0.5) is 0 Å². The number of hydrazone groups is 1. The lowest BCUT2D eigenvalue weighted by atomic mass is 10.2. The summed E-state index contributed by atoms with van der Waals surface area (Å²) in [4.78, 5) is 12.6. The number of para-hydroxylation sites is 1. The van der Waals surface area contributed by atoms with Crippen LogP contribution >= 0.6 is 27.5 Å². The van der Waals surface area contributed by atoms with E-state index in [2.05, 4.69) is 32.4 Å². The van der Waals surface area contributed by atoms with Crippen LogP contribution in [0, 0.1) is 12.3 Å². The average molecular weight is 498 g/mol. The zero-order valence-corrected chi connectivity index (χ0v) is 18.7. The number of hydrogen-bond acceptors (Lipinski definition) is 4. The summed E-state index contributed by atoms with van der Waals surface area (Å²) in [6.07, 6.45) is 6.74. The van der Waals surface area contributed by atoms with E-state index in [0.29, 0.717) is 34.3 Å². The first-order chi connectivity index (χ1) is 15.1. The molecule has 31 heavy (non-hydrogen) atoms. The van der Waals surface area contributed by atoms with Crippen molar-refractivity contribution in [3.63, 3.8) is 0 Å². The van der Waals surface area contributed by atoms with E-state index in [1.165, 1.54) is 6.21 Å². The van der Waals surface area contributed by atoms with Gasteiger partial charge in [-0.2, -0.15) is 5.10 Å². The van der Waals surface area contributed by atoms with Crippen molar-refractivity contribution in [3.05, 3.63) is 92.9 Å². The Morgan fingerprint density at radius 2 is 1.87 bits per heavy atom. The van der Waals surface area contributed by atoms with E-state index in [4.69, 9.17) is 27.5 Å². The maximum atomic E-state index is 12.6. The Morgan fingerprint density at radius 3 is 2.65 bits per heavy atom. The Balaban J connectivity index is 1.68. The Bertz CT molecular complexity index is 1120. The fourth-order valence-corrected chi connectivity index (χ4v) is 3.12. The van der Waals surface area contributed by atoms with Crippen LogP contribution in [0.3, 0.4) is 0 Å². The summed E-state index contributed by atoms with van der Waals surface area (Å²) in [5.41, 5.74) is 4.49. The number of terminal acetylenes is 1. The van der Waals surface area contributed by atoms with Crippen molar-refractivity contribution in [1.29, 1.82) is 0 Å². The van der Waals surface area contributed by atoms with Crippen molar-refractivity contribution in [3.8, 4) is 23.8 Å². The number of halogens is 2. The normalized spacial score (nSPS) is 10.5. The van der Waals surface area contributed by atoms with Gasteiger partial charge in [0.1, 0.15) is 24.7 Å². The van der Waals surface area contributed by atoms with Gasteiger partial charge in [0, 0.05) is 15.1 Å². The van der Waals surface area contributed by atoms with Gasteiger partial charge in [-0.15, -0.1) is 6.42 Å². The summed E-state index contributed by atoms with van der Waals surface area (Å²) in [5.74, 6) is 3.03. The molecule has 0 fully saturated rings. The molecule has 0 aliphatic carbocycles. The second-order valence-corrected chi connectivity index (χ2v) is 7.64. The topological polar surface area (TPSA) is 59.9 Å². The molecule has 0 saturated carbocycles. The van der Waals surface area contributed by atoms with Gasteiger partial charge in [0.2, 0.25) is 0 Å². The van der Waals surface area contributed by atoms with Gasteiger partial charge in [-0.1, -0.05) is 57.7 Å². The molecule has 3 aromatic rings. The predicted octanol–water partition coefficient (Wildman–Crippen LogP) is 5.46. The quantitative estimate of drug-likeness (QED) is 0.255. The molecule has 1 amide bonds.